The molecule has 0 radical (unpaired) electrons. The number of rotatable bonds is 5. The van der Waals surface area contributed by atoms with Gasteiger partial charge in [0.15, 0.2) is 0 Å². The Morgan fingerprint density at radius 1 is 1.45 bits per heavy atom. The lowest BCUT2D eigenvalue weighted by atomic mass is 10.0. The van der Waals surface area contributed by atoms with Gasteiger partial charge in [-0.25, -0.2) is 4.79 Å². The Kier molecular flexibility index (Phi) is 4.85. The van der Waals surface area contributed by atoms with E-state index in [9.17, 15) is 9.90 Å². The Morgan fingerprint density at radius 2 is 2.20 bits per heavy atom. The van der Waals surface area contributed by atoms with Gasteiger partial charge in [-0.15, -0.1) is 23.5 Å². The van der Waals surface area contributed by atoms with Crippen LogP contribution in [-0.2, 0) is 4.84 Å². The van der Waals surface area contributed by atoms with Crippen LogP contribution in [0.2, 0.25) is 0 Å². The molecule has 0 spiro atoms. The zero-order valence-electron chi connectivity index (χ0n) is 11.4. The average molecular weight is 313 g/mol. The first kappa shape index (κ1) is 15.1. The van der Waals surface area contributed by atoms with Crippen molar-refractivity contribution in [3.8, 4) is 5.75 Å². The zero-order valence-corrected chi connectivity index (χ0v) is 13.0. The minimum absolute atomic E-state index is 0.273. The third-order valence-electron chi connectivity index (χ3n) is 2.85. The molecule has 20 heavy (non-hydrogen) atoms. The molecule has 108 valence electrons. The smallest absolute Gasteiger partial charge is 0.336 e. The fourth-order valence-electron chi connectivity index (χ4n) is 2.05. The number of ether oxygens (including phenoxy) is 1. The molecule has 2 N–H and O–H groups in total. The highest BCUT2D eigenvalue weighted by Crippen LogP contribution is 2.44. The molecule has 0 aliphatic carbocycles. The van der Waals surface area contributed by atoms with Crippen LogP contribution < -0.4 is 10.2 Å². The molecular formula is C13H15NO4S2. The van der Waals surface area contributed by atoms with Gasteiger partial charge in [0.05, 0.1) is 28.8 Å². The van der Waals surface area contributed by atoms with Crippen LogP contribution in [-0.4, -0.2) is 37.3 Å². The van der Waals surface area contributed by atoms with Crippen LogP contribution in [0.3, 0.4) is 0 Å². The molecule has 5 nitrogen and oxygen atoms in total. The van der Waals surface area contributed by atoms with Crippen LogP contribution >= 0.6 is 23.5 Å². The molecule has 1 aliphatic rings. The molecule has 0 bridgehead atoms. The standard InChI is InChI=1S/C13H15NO4S2/c1-17-14-8-4-5-18-11-9(19-2)6-7(13(15)16)12(20-3)10(8)11/h4,6,14H,5H2,1-3H3,(H,15,16). The van der Waals surface area contributed by atoms with Gasteiger partial charge >= 0.3 is 5.97 Å². The summed E-state index contributed by atoms with van der Waals surface area (Å²) in [6, 6.07) is 1.66. The quantitative estimate of drug-likeness (QED) is 0.640. The lowest BCUT2D eigenvalue weighted by molar-refractivity contribution is 0.0692. The summed E-state index contributed by atoms with van der Waals surface area (Å²) in [6.07, 6.45) is 5.58. The van der Waals surface area contributed by atoms with Crippen LogP contribution in [0, 0.1) is 0 Å². The Hall–Kier alpha value is -1.31. The molecule has 0 fully saturated rings. The molecule has 0 unspecified atom stereocenters. The lowest BCUT2D eigenvalue weighted by Gasteiger charge is -2.24. The molecule has 1 aromatic carbocycles. The third kappa shape index (κ3) is 2.61. The number of thioether (sulfide) groups is 2. The van der Waals surface area contributed by atoms with E-state index in [0.29, 0.717) is 17.3 Å². The van der Waals surface area contributed by atoms with Crippen molar-refractivity contribution in [1.29, 1.82) is 0 Å². The molecule has 0 saturated heterocycles. The van der Waals surface area contributed by atoms with Crippen molar-refractivity contribution in [2.75, 3.05) is 26.2 Å². The number of aromatic carboxylic acids is 1. The summed E-state index contributed by atoms with van der Waals surface area (Å²) in [7, 11) is 1.52. The van der Waals surface area contributed by atoms with Gasteiger partial charge in [-0.05, 0) is 24.7 Å². The van der Waals surface area contributed by atoms with E-state index in [-0.39, 0.29) is 5.56 Å². The van der Waals surface area contributed by atoms with Gasteiger partial charge < -0.3 is 9.84 Å². The Bertz CT molecular complexity index is 572. The van der Waals surface area contributed by atoms with E-state index < -0.39 is 5.97 Å². The summed E-state index contributed by atoms with van der Waals surface area (Å²) in [6.45, 7) is 0.423. The second kappa shape index (κ2) is 6.43. The van der Waals surface area contributed by atoms with Crippen LogP contribution in [0.25, 0.3) is 5.70 Å². The Labute approximate surface area is 125 Å². The first-order valence-corrected chi connectivity index (χ1v) is 8.23. The van der Waals surface area contributed by atoms with Gasteiger partial charge in [0.25, 0.3) is 0 Å². The molecule has 1 aromatic rings. The number of hydrogen-bond acceptors (Lipinski definition) is 6. The molecule has 1 aliphatic heterocycles. The van der Waals surface area contributed by atoms with Crippen LogP contribution in [0.1, 0.15) is 15.9 Å². The van der Waals surface area contributed by atoms with Crippen molar-refractivity contribution in [2.45, 2.75) is 9.79 Å². The van der Waals surface area contributed by atoms with E-state index in [1.165, 1.54) is 30.6 Å². The SMILES string of the molecule is CONC1=CCOc2c(SC)cc(C(=O)O)c(SC)c21. The van der Waals surface area contributed by atoms with Gasteiger partial charge in [-0.3, -0.25) is 10.3 Å². The minimum atomic E-state index is -0.949. The number of carboxylic acids is 1. The normalized spacial score (nSPS) is 13.2. The predicted octanol–water partition coefficient (Wildman–Crippen LogP) is 2.71. The van der Waals surface area contributed by atoms with E-state index in [1.807, 2.05) is 18.6 Å². The molecule has 2 rings (SSSR count). The maximum atomic E-state index is 11.5. The Morgan fingerprint density at radius 3 is 2.75 bits per heavy atom. The third-order valence-corrected chi connectivity index (χ3v) is 4.42. The van der Waals surface area contributed by atoms with Crippen molar-refractivity contribution < 1.29 is 19.5 Å². The first-order valence-electron chi connectivity index (χ1n) is 5.78. The Balaban J connectivity index is 2.73. The van der Waals surface area contributed by atoms with Crippen molar-refractivity contribution in [3.05, 3.63) is 23.3 Å². The molecule has 1 heterocycles. The topological polar surface area (TPSA) is 67.8 Å². The summed E-state index contributed by atoms with van der Waals surface area (Å²) in [5.41, 5.74) is 4.55. The van der Waals surface area contributed by atoms with Crippen molar-refractivity contribution in [1.82, 2.24) is 5.48 Å². The number of carboxylic acid groups (broad SMARTS) is 1. The predicted molar refractivity (Wildman–Crippen MR) is 80.6 cm³/mol. The molecule has 7 heteroatoms. The summed E-state index contributed by atoms with van der Waals surface area (Å²) >= 11 is 2.84. The number of nitrogens with one attached hydrogen (secondary N) is 1. The molecular weight excluding hydrogens is 298 g/mol. The molecule has 0 saturated carbocycles. The van der Waals surface area contributed by atoms with Gasteiger partial charge in [-0.2, -0.15) is 0 Å². The second-order valence-corrected chi connectivity index (χ2v) is 5.57. The van der Waals surface area contributed by atoms with Gasteiger partial charge in [0.1, 0.15) is 12.4 Å². The van der Waals surface area contributed by atoms with E-state index in [1.54, 1.807) is 6.07 Å². The first-order chi connectivity index (χ1) is 9.63. The molecule has 0 atom stereocenters. The van der Waals surface area contributed by atoms with Crippen LogP contribution in [0.5, 0.6) is 5.75 Å². The lowest BCUT2D eigenvalue weighted by Crippen LogP contribution is -2.18. The average Bonchev–Trinajstić information content (AvgIpc) is 2.45. The largest absolute Gasteiger partial charge is 0.488 e. The van der Waals surface area contributed by atoms with Crippen LogP contribution in [0.15, 0.2) is 21.9 Å². The monoisotopic (exact) mass is 313 g/mol. The van der Waals surface area contributed by atoms with Gasteiger partial charge in [0.2, 0.25) is 0 Å². The molecule has 0 amide bonds. The molecule has 0 aromatic heterocycles. The maximum Gasteiger partial charge on any atom is 0.336 e. The zero-order chi connectivity index (χ0) is 14.7. The highest BCUT2D eigenvalue weighted by atomic mass is 32.2. The van der Waals surface area contributed by atoms with E-state index >= 15 is 0 Å². The fraction of sp³-hybridized carbons (Fsp3) is 0.308. The van der Waals surface area contributed by atoms with Gasteiger partial charge in [-0.1, -0.05) is 0 Å². The number of fused-ring (bicyclic) bond motifs is 1. The van der Waals surface area contributed by atoms with Crippen molar-refractivity contribution in [3.63, 3.8) is 0 Å². The summed E-state index contributed by atoms with van der Waals surface area (Å²) < 4.78 is 5.70. The fourth-order valence-corrected chi connectivity index (χ4v) is 3.40. The number of hydroxylamine groups is 1. The highest BCUT2D eigenvalue weighted by Gasteiger charge is 2.26. The second-order valence-electron chi connectivity index (χ2n) is 3.90. The number of hydrogen-bond donors (Lipinski definition) is 2. The van der Waals surface area contributed by atoms with Crippen molar-refractivity contribution in [2.24, 2.45) is 0 Å². The minimum Gasteiger partial charge on any atom is -0.488 e. The number of benzene rings is 1. The van der Waals surface area contributed by atoms with Crippen LogP contribution in [0.4, 0.5) is 0 Å². The summed E-state index contributed by atoms with van der Waals surface area (Å²) in [4.78, 5) is 17.9. The number of carbonyl (C=O) groups is 1. The highest BCUT2D eigenvalue weighted by molar-refractivity contribution is 7.99. The van der Waals surface area contributed by atoms with E-state index in [4.69, 9.17) is 9.57 Å². The van der Waals surface area contributed by atoms with Crippen molar-refractivity contribution >= 4 is 35.2 Å². The van der Waals surface area contributed by atoms with Gasteiger partial charge in [0, 0.05) is 4.90 Å². The van der Waals surface area contributed by atoms with E-state index in [0.717, 1.165) is 16.2 Å². The maximum absolute atomic E-state index is 11.5. The summed E-state index contributed by atoms with van der Waals surface area (Å²) in [5, 5.41) is 9.40. The van der Waals surface area contributed by atoms with E-state index in [2.05, 4.69) is 5.48 Å². The summed E-state index contributed by atoms with van der Waals surface area (Å²) in [5.74, 6) is -0.247.